The van der Waals surface area contributed by atoms with Crippen molar-refractivity contribution in [1.82, 2.24) is 9.71 Å². The predicted molar refractivity (Wildman–Crippen MR) is 88.2 cm³/mol. The standard InChI is InChI=1S/C15H35BN2O2/c1-5-6-7-8-9-10-11-18(14-15-19)13-12-17(3)16(2)20-4/h19H,5-15H2,1-4H3. The zero-order valence-corrected chi connectivity index (χ0v) is 14.1. The number of aliphatic hydroxyl groups excluding tert-OH is 1. The van der Waals surface area contributed by atoms with Crippen LogP contribution < -0.4 is 0 Å². The number of hydrogen-bond donors (Lipinski definition) is 1. The maximum Gasteiger partial charge on any atom is 0.378 e. The highest BCUT2D eigenvalue weighted by Crippen LogP contribution is 2.06. The Kier molecular flexibility index (Phi) is 13.8. The SMILES string of the molecule is CCCCCCCCN(CCO)CCN(C)B(C)OC. The number of rotatable bonds is 14. The smallest absolute Gasteiger partial charge is 0.378 e. The van der Waals surface area contributed by atoms with Crippen LogP contribution in [0.3, 0.4) is 0 Å². The fourth-order valence-corrected chi connectivity index (χ4v) is 2.25. The van der Waals surface area contributed by atoms with Crippen LogP contribution in [-0.4, -0.2) is 68.8 Å². The van der Waals surface area contributed by atoms with Gasteiger partial charge in [0.1, 0.15) is 0 Å². The fraction of sp³-hybridized carbons (Fsp3) is 1.00. The molecule has 0 saturated heterocycles. The van der Waals surface area contributed by atoms with Crippen LogP contribution in [0.25, 0.3) is 0 Å². The monoisotopic (exact) mass is 286 g/mol. The van der Waals surface area contributed by atoms with E-state index < -0.39 is 0 Å². The Balaban J connectivity index is 3.75. The van der Waals surface area contributed by atoms with E-state index >= 15 is 0 Å². The van der Waals surface area contributed by atoms with Crippen LogP contribution in [0.15, 0.2) is 0 Å². The lowest BCUT2D eigenvalue weighted by Gasteiger charge is -2.26. The molecule has 0 fully saturated rings. The molecule has 0 aromatic carbocycles. The summed E-state index contributed by atoms with van der Waals surface area (Å²) in [6, 6.07) is 0. The van der Waals surface area contributed by atoms with Gasteiger partial charge >= 0.3 is 7.05 Å². The van der Waals surface area contributed by atoms with Crippen molar-refractivity contribution in [3.8, 4) is 0 Å². The van der Waals surface area contributed by atoms with Crippen LogP contribution in [0.1, 0.15) is 45.4 Å². The number of nitrogens with zero attached hydrogens (tertiary/aromatic N) is 2. The lowest BCUT2D eigenvalue weighted by atomic mass is 9.85. The van der Waals surface area contributed by atoms with Crippen molar-refractivity contribution in [3.05, 3.63) is 0 Å². The zero-order valence-electron chi connectivity index (χ0n) is 14.1. The molecule has 0 aromatic rings. The molecule has 0 aromatic heterocycles. The molecule has 0 aliphatic heterocycles. The highest BCUT2D eigenvalue weighted by molar-refractivity contribution is 6.46. The van der Waals surface area contributed by atoms with E-state index in [0.29, 0.717) is 0 Å². The molecule has 0 atom stereocenters. The Morgan fingerprint density at radius 2 is 1.60 bits per heavy atom. The van der Waals surface area contributed by atoms with Crippen molar-refractivity contribution in [1.29, 1.82) is 0 Å². The van der Waals surface area contributed by atoms with Gasteiger partial charge < -0.3 is 14.6 Å². The van der Waals surface area contributed by atoms with Crippen molar-refractivity contribution in [2.75, 3.05) is 46.9 Å². The summed E-state index contributed by atoms with van der Waals surface area (Å²) in [4.78, 5) is 4.56. The van der Waals surface area contributed by atoms with E-state index in [1.807, 2.05) is 0 Å². The Morgan fingerprint density at radius 1 is 0.950 bits per heavy atom. The summed E-state index contributed by atoms with van der Waals surface area (Å²) in [6.07, 6.45) is 7.94. The first-order valence-corrected chi connectivity index (χ1v) is 8.21. The highest BCUT2D eigenvalue weighted by Gasteiger charge is 2.14. The summed E-state index contributed by atoms with van der Waals surface area (Å²) in [7, 11) is 3.97. The van der Waals surface area contributed by atoms with Gasteiger partial charge in [0, 0.05) is 26.7 Å². The third-order valence-electron chi connectivity index (χ3n) is 3.97. The van der Waals surface area contributed by atoms with Gasteiger partial charge in [0.25, 0.3) is 0 Å². The van der Waals surface area contributed by atoms with Gasteiger partial charge in [-0.25, -0.2) is 0 Å². The second-order valence-corrected chi connectivity index (χ2v) is 5.65. The van der Waals surface area contributed by atoms with Gasteiger partial charge in [-0.1, -0.05) is 39.0 Å². The fourth-order valence-electron chi connectivity index (χ4n) is 2.25. The molecule has 0 radical (unpaired) electrons. The first kappa shape index (κ1) is 19.9. The molecule has 0 saturated carbocycles. The van der Waals surface area contributed by atoms with Crippen molar-refractivity contribution < 1.29 is 9.76 Å². The minimum Gasteiger partial charge on any atom is -0.424 e. The third-order valence-corrected chi connectivity index (χ3v) is 3.97. The molecule has 120 valence electrons. The molecule has 0 bridgehead atoms. The lowest BCUT2D eigenvalue weighted by Crippen LogP contribution is -2.42. The van der Waals surface area contributed by atoms with Gasteiger partial charge in [0.15, 0.2) is 0 Å². The molecule has 0 aliphatic carbocycles. The van der Waals surface area contributed by atoms with Crippen LogP contribution in [-0.2, 0) is 4.65 Å². The average molecular weight is 286 g/mol. The van der Waals surface area contributed by atoms with E-state index in [1.54, 1.807) is 7.11 Å². The van der Waals surface area contributed by atoms with E-state index in [9.17, 15) is 0 Å². The van der Waals surface area contributed by atoms with Crippen molar-refractivity contribution in [2.45, 2.75) is 52.3 Å². The topological polar surface area (TPSA) is 35.9 Å². The van der Waals surface area contributed by atoms with Gasteiger partial charge in [-0.2, -0.15) is 0 Å². The van der Waals surface area contributed by atoms with Crippen LogP contribution in [0.2, 0.25) is 6.82 Å². The molecule has 0 aliphatic rings. The molecular formula is C15H35BN2O2. The van der Waals surface area contributed by atoms with Crippen molar-refractivity contribution in [2.24, 2.45) is 0 Å². The quantitative estimate of drug-likeness (QED) is 0.393. The van der Waals surface area contributed by atoms with E-state index in [-0.39, 0.29) is 13.7 Å². The highest BCUT2D eigenvalue weighted by atomic mass is 16.4. The number of hydrogen-bond acceptors (Lipinski definition) is 4. The molecule has 20 heavy (non-hydrogen) atoms. The number of likely N-dealkylation sites (N-methyl/N-ethyl adjacent to an activating group) is 1. The van der Waals surface area contributed by atoms with Crippen LogP contribution in [0, 0.1) is 0 Å². The van der Waals surface area contributed by atoms with E-state index in [4.69, 9.17) is 9.76 Å². The zero-order chi connectivity index (χ0) is 15.2. The molecule has 0 amide bonds. The first-order valence-electron chi connectivity index (χ1n) is 8.21. The van der Waals surface area contributed by atoms with Gasteiger partial charge in [0.05, 0.1) is 6.61 Å². The summed E-state index contributed by atoms with van der Waals surface area (Å²) in [5.74, 6) is 0. The maximum atomic E-state index is 9.15. The second kappa shape index (κ2) is 13.9. The van der Waals surface area contributed by atoms with E-state index in [2.05, 4.69) is 30.5 Å². The lowest BCUT2D eigenvalue weighted by molar-refractivity contribution is 0.184. The maximum absolute atomic E-state index is 9.15. The largest absolute Gasteiger partial charge is 0.424 e. The van der Waals surface area contributed by atoms with Crippen LogP contribution >= 0.6 is 0 Å². The van der Waals surface area contributed by atoms with Gasteiger partial charge in [-0.15, -0.1) is 0 Å². The van der Waals surface area contributed by atoms with E-state index in [1.165, 1.54) is 38.5 Å². The molecule has 0 spiro atoms. The van der Waals surface area contributed by atoms with Crippen LogP contribution in [0.5, 0.6) is 0 Å². The molecule has 0 heterocycles. The Morgan fingerprint density at radius 3 is 2.20 bits per heavy atom. The minimum absolute atomic E-state index is 0.153. The van der Waals surface area contributed by atoms with Gasteiger partial charge in [-0.05, 0) is 26.8 Å². The first-order chi connectivity index (χ1) is 9.65. The predicted octanol–water partition coefficient (Wildman–Crippen LogP) is 2.34. The van der Waals surface area contributed by atoms with E-state index in [0.717, 1.165) is 26.2 Å². The Labute approximate surface area is 126 Å². The minimum atomic E-state index is 0.153. The average Bonchev–Trinajstić information content (AvgIpc) is 2.46. The third kappa shape index (κ3) is 10.7. The van der Waals surface area contributed by atoms with Gasteiger partial charge in [0.2, 0.25) is 0 Å². The van der Waals surface area contributed by atoms with Gasteiger partial charge in [-0.3, -0.25) is 4.90 Å². The van der Waals surface area contributed by atoms with Crippen molar-refractivity contribution in [3.63, 3.8) is 0 Å². The normalized spacial score (nSPS) is 11.6. The summed E-state index contributed by atoms with van der Waals surface area (Å²) in [5, 5.41) is 9.15. The van der Waals surface area contributed by atoms with Crippen LogP contribution in [0.4, 0.5) is 0 Å². The summed E-state index contributed by atoms with van der Waals surface area (Å²) in [5.41, 5.74) is 0. The van der Waals surface area contributed by atoms with Crippen molar-refractivity contribution >= 4 is 7.05 Å². The summed E-state index contributed by atoms with van der Waals surface area (Å²) < 4.78 is 5.30. The molecule has 4 nitrogen and oxygen atoms in total. The molecule has 1 N–H and O–H groups in total. The summed E-state index contributed by atoms with van der Waals surface area (Å²) in [6.45, 7) is 8.42. The molecule has 0 rings (SSSR count). The number of unbranched alkanes of at least 4 members (excludes halogenated alkanes) is 5. The Bertz CT molecular complexity index is 208. The molecule has 0 unspecified atom stereocenters. The number of aliphatic hydroxyl groups is 1. The Hall–Kier alpha value is -0.0951. The second-order valence-electron chi connectivity index (χ2n) is 5.65. The molecular weight excluding hydrogens is 251 g/mol. The molecule has 5 heteroatoms. The summed E-state index contributed by atoms with van der Waals surface area (Å²) >= 11 is 0.